The Hall–Kier alpha value is -1.79. The number of hydrogen-bond donors (Lipinski definition) is 3. The average Bonchev–Trinajstić information content (AvgIpc) is 2.53. The fourth-order valence-corrected chi connectivity index (χ4v) is 2.40. The summed E-state index contributed by atoms with van der Waals surface area (Å²) in [4.78, 5) is 11.1. The summed E-state index contributed by atoms with van der Waals surface area (Å²) in [5, 5.41) is 16.4. The lowest BCUT2D eigenvalue weighted by molar-refractivity contribution is -0.122. The van der Waals surface area contributed by atoms with E-state index in [-0.39, 0.29) is 11.9 Å². The number of methoxy groups -OCH3 is 2. The van der Waals surface area contributed by atoms with Crippen LogP contribution in [0.2, 0.25) is 0 Å². The second-order valence-electron chi connectivity index (χ2n) is 5.07. The van der Waals surface area contributed by atoms with Gasteiger partial charge in [-0.3, -0.25) is 4.79 Å². The molecule has 0 spiro atoms. The van der Waals surface area contributed by atoms with Crippen molar-refractivity contribution < 1.29 is 19.4 Å². The predicted octanol–water partition coefficient (Wildman–Crippen LogP) is 0.605. The number of aliphatic hydroxyl groups is 1. The molecule has 0 aliphatic carbocycles. The molecular weight excluding hydrogens is 272 g/mol. The van der Waals surface area contributed by atoms with E-state index in [0.29, 0.717) is 36.6 Å². The van der Waals surface area contributed by atoms with Gasteiger partial charge in [0.25, 0.3) is 0 Å². The molecule has 1 aliphatic rings. The zero-order chi connectivity index (χ0) is 15.2. The maximum atomic E-state index is 11.1. The molecule has 0 bridgehead atoms. The van der Waals surface area contributed by atoms with Crippen LogP contribution in [0.1, 0.15) is 24.5 Å². The van der Waals surface area contributed by atoms with Crippen LogP contribution in [0.3, 0.4) is 0 Å². The minimum atomic E-state index is -0.701. The van der Waals surface area contributed by atoms with E-state index < -0.39 is 6.10 Å². The second kappa shape index (κ2) is 7.28. The Bertz CT molecular complexity index is 483. The highest BCUT2D eigenvalue weighted by Crippen LogP contribution is 2.29. The van der Waals surface area contributed by atoms with E-state index in [0.717, 1.165) is 6.42 Å². The third-order valence-electron chi connectivity index (χ3n) is 3.66. The summed E-state index contributed by atoms with van der Waals surface area (Å²) in [6.45, 7) is 0.991. The normalized spacial score (nSPS) is 19.8. The maximum Gasteiger partial charge on any atom is 0.220 e. The lowest BCUT2D eigenvalue weighted by Gasteiger charge is -2.25. The average molecular weight is 294 g/mol. The Morgan fingerprint density at radius 2 is 2.24 bits per heavy atom. The van der Waals surface area contributed by atoms with Gasteiger partial charge in [0.05, 0.1) is 20.3 Å². The Morgan fingerprint density at radius 1 is 1.43 bits per heavy atom. The maximum absolute atomic E-state index is 11.1. The number of benzene rings is 1. The molecular formula is C15H22N2O4. The highest BCUT2D eigenvalue weighted by atomic mass is 16.5. The molecule has 0 aromatic heterocycles. The van der Waals surface area contributed by atoms with Crippen molar-refractivity contribution in [1.29, 1.82) is 0 Å². The first-order valence-electron chi connectivity index (χ1n) is 7.04. The number of amides is 1. The van der Waals surface area contributed by atoms with E-state index in [1.165, 1.54) is 0 Å². The number of hydrogen-bond acceptors (Lipinski definition) is 5. The number of nitrogens with one attached hydrogen (secondary N) is 2. The molecule has 116 valence electrons. The van der Waals surface area contributed by atoms with Gasteiger partial charge in [-0.15, -0.1) is 0 Å². The summed E-state index contributed by atoms with van der Waals surface area (Å²) in [6.07, 6.45) is 0.608. The van der Waals surface area contributed by atoms with Gasteiger partial charge < -0.3 is 25.2 Å². The first kappa shape index (κ1) is 15.6. The van der Waals surface area contributed by atoms with Crippen LogP contribution in [-0.2, 0) is 4.79 Å². The van der Waals surface area contributed by atoms with Crippen LogP contribution in [0.4, 0.5) is 0 Å². The molecule has 1 heterocycles. The summed E-state index contributed by atoms with van der Waals surface area (Å²) in [7, 11) is 3.16. The minimum Gasteiger partial charge on any atom is -0.497 e. The topological polar surface area (TPSA) is 79.8 Å². The molecule has 21 heavy (non-hydrogen) atoms. The van der Waals surface area contributed by atoms with E-state index in [9.17, 15) is 9.90 Å². The Balaban J connectivity index is 1.96. The molecule has 2 atom stereocenters. The van der Waals surface area contributed by atoms with Crippen LogP contribution in [0, 0.1) is 0 Å². The van der Waals surface area contributed by atoms with Gasteiger partial charge in [0.15, 0.2) is 0 Å². The summed E-state index contributed by atoms with van der Waals surface area (Å²) >= 11 is 0. The first-order valence-corrected chi connectivity index (χ1v) is 7.04. The number of aliphatic hydroxyl groups excluding tert-OH is 1. The third kappa shape index (κ3) is 4.09. The lowest BCUT2D eigenvalue weighted by Crippen LogP contribution is -2.46. The van der Waals surface area contributed by atoms with Gasteiger partial charge in [-0.05, 0) is 24.6 Å². The van der Waals surface area contributed by atoms with Crippen molar-refractivity contribution in [3.63, 3.8) is 0 Å². The van der Waals surface area contributed by atoms with Gasteiger partial charge in [-0.25, -0.2) is 0 Å². The van der Waals surface area contributed by atoms with Crippen LogP contribution in [-0.4, -0.2) is 44.4 Å². The van der Waals surface area contributed by atoms with Crippen molar-refractivity contribution in [2.75, 3.05) is 27.3 Å². The molecule has 0 radical (unpaired) electrons. The molecule has 6 nitrogen and oxygen atoms in total. The van der Waals surface area contributed by atoms with Crippen LogP contribution < -0.4 is 20.1 Å². The van der Waals surface area contributed by atoms with Gasteiger partial charge in [0.1, 0.15) is 11.5 Å². The summed E-state index contributed by atoms with van der Waals surface area (Å²) in [5.41, 5.74) is 0.684. The van der Waals surface area contributed by atoms with E-state index in [2.05, 4.69) is 10.6 Å². The molecule has 1 saturated heterocycles. The molecule has 1 aromatic carbocycles. The molecule has 2 unspecified atom stereocenters. The largest absolute Gasteiger partial charge is 0.497 e. The fraction of sp³-hybridized carbons (Fsp3) is 0.533. The van der Waals surface area contributed by atoms with E-state index in [1.807, 2.05) is 0 Å². The smallest absolute Gasteiger partial charge is 0.220 e. The molecule has 1 aliphatic heterocycles. The molecule has 1 amide bonds. The van der Waals surface area contributed by atoms with Gasteiger partial charge in [0, 0.05) is 31.1 Å². The second-order valence-corrected chi connectivity index (χ2v) is 5.07. The number of carbonyl (C=O) groups excluding carboxylic acids is 1. The lowest BCUT2D eigenvalue weighted by atomic mass is 10.0. The number of ether oxygens (including phenoxy) is 2. The third-order valence-corrected chi connectivity index (χ3v) is 3.66. The summed E-state index contributed by atoms with van der Waals surface area (Å²) in [6, 6.07) is 5.53. The quantitative estimate of drug-likeness (QED) is 0.716. The zero-order valence-corrected chi connectivity index (χ0v) is 12.4. The molecule has 1 fully saturated rings. The van der Waals surface area contributed by atoms with Crippen LogP contribution >= 0.6 is 0 Å². The van der Waals surface area contributed by atoms with E-state index >= 15 is 0 Å². The van der Waals surface area contributed by atoms with Crippen molar-refractivity contribution in [3.05, 3.63) is 23.8 Å². The standard InChI is InChI=1S/C15H22N2O4/c1-20-11-4-5-14(21-2)12(7-11)13(18)9-16-10-3-6-15(19)17-8-10/h4-5,7,10,13,16,18H,3,6,8-9H2,1-2H3,(H,17,19). The van der Waals surface area contributed by atoms with Gasteiger partial charge in [-0.2, -0.15) is 0 Å². The number of rotatable bonds is 6. The van der Waals surface area contributed by atoms with Gasteiger partial charge in [-0.1, -0.05) is 0 Å². The van der Waals surface area contributed by atoms with Crippen LogP contribution in [0.5, 0.6) is 11.5 Å². The van der Waals surface area contributed by atoms with Crippen molar-refractivity contribution in [2.45, 2.75) is 25.0 Å². The minimum absolute atomic E-state index is 0.0862. The van der Waals surface area contributed by atoms with Gasteiger partial charge in [0.2, 0.25) is 5.91 Å². The van der Waals surface area contributed by atoms with Crippen LogP contribution in [0.25, 0.3) is 0 Å². The summed E-state index contributed by atoms with van der Waals surface area (Å²) in [5.74, 6) is 1.39. The summed E-state index contributed by atoms with van der Waals surface area (Å²) < 4.78 is 10.4. The Morgan fingerprint density at radius 3 is 2.86 bits per heavy atom. The molecule has 1 aromatic rings. The molecule has 6 heteroatoms. The monoisotopic (exact) mass is 294 g/mol. The number of carbonyl (C=O) groups is 1. The SMILES string of the molecule is COc1ccc(OC)c(C(O)CNC2CCC(=O)NC2)c1. The number of piperidine rings is 1. The molecule has 2 rings (SSSR count). The van der Waals surface area contributed by atoms with Crippen molar-refractivity contribution in [1.82, 2.24) is 10.6 Å². The van der Waals surface area contributed by atoms with Crippen molar-refractivity contribution in [3.8, 4) is 11.5 Å². The zero-order valence-electron chi connectivity index (χ0n) is 12.4. The first-order chi connectivity index (χ1) is 10.1. The highest BCUT2D eigenvalue weighted by molar-refractivity contribution is 5.76. The Labute approximate surface area is 124 Å². The Kier molecular flexibility index (Phi) is 5.41. The molecule has 3 N–H and O–H groups in total. The van der Waals surface area contributed by atoms with Crippen molar-refractivity contribution >= 4 is 5.91 Å². The van der Waals surface area contributed by atoms with E-state index in [4.69, 9.17) is 9.47 Å². The van der Waals surface area contributed by atoms with Gasteiger partial charge >= 0.3 is 0 Å². The van der Waals surface area contributed by atoms with Crippen molar-refractivity contribution in [2.24, 2.45) is 0 Å². The molecule has 0 saturated carbocycles. The predicted molar refractivity (Wildman–Crippen MR) is 78.5 cm³/mol. The van der Waals surface area contributed by atoms with Crippen LogP contribution in [0.15, 0.2) is 18.2 Å². The van der Waals surface area contributed by atoms with E-state index in [1.54, 1.807) is 32.4 Å². The fourth-order valence-electron chi connectivity index (χ4n) is 2.40. The highest BCUT2D eigenvalue weighted by Gasteiger charge is 2.20.